The molecule has 1 aromatic carbocycles. The Kier molecular flexibility index (Phi) is 2.87. The zero-order chi connectivity index (χ0) is 14.1. The average molecular weight is 265 g/mol. The zero-order valence-corrected chi connectivity index (χ0v) is 11.0. The van der Waals surface area contributed by atoms with E-state index in [1.165, 1.54) is 6.33 Å². The van der Waals surface area contributed by atoms with E-state index in [2.05, 4.69) is 16.5 Å². The van der Waals surface area contributed by atoms with E-state index in [0.29, 0.717) is 12.4 Å². The van der Waals surface area contributed by atoms with Gasteiger partial charge in [0.2, 0.25) is 0 Å². The molecular weight excluding hydrogens is 250 g/mol. The summed E-state index contributed by atoms with van der Waals surface area (Å²) in [4.78, 5) is 8.41. The summed E-state index contributed by atoms with van der Waals surface area (Å²) in [6.45, 7) is 4.44. The molecule has 5 nitrogen and oxygen atoms in total. The highest BCUT2D eigenvalue weighted by molar-refractivity contribution is 6.00. The molecule has 3 rings (SSSR count). The summed E-state index contributed by atoms with van der Waals surface area (Å²) in [6.07, 6.45) is 5.32. The quantitative estimate of drug-likeness (QED) is 0.563. The van der Waals surface area contributed by atoms with E-state index in [4.69, 9.17) is 11.5 Å². The molecule has 4 N–H and O–H groups in total. The van der Waals surface area contributed by atoms with Crippen molar-refractivity contribution < 1.29 is 0 Å². The van der Waals surface area contributed by atoms with Crippen molar-refractivity contribution in [3.05, 3.63) is 49.4 Å². The monoisotopic (exact) mass is 265 g/mol. The molecule has 0 saturated carbocycles. The molecule has 100 valence electrons. The van der Waals surface area contributed by atoms with Gasteiger partial charge >= 0.3 is 0 Å². The van der Waals surface area contributed by atoms with Crippen LogP contribution in [0.4, 0.5) is 11.5 Å². The van der Waals surface area contributed by atoms with Gasteiger partial charge < -0.3 is 16.0 Å². The van der Waals surface area contributed by atoms with E-state index in [9.17, 15) is 0 Å². The number of benzene rings is 1. The van der Waals surface area contributed by atoms with Crippen molar-refractivity contribution in [3.8, 4) is 11.1 Å². The minimum atomic E-state index is 0.477. The summed E-state index contributed by atoms with van der Waals surface area (Å²) in [6, 6.07) is 7.67. The second-order valence-electron chi connectivity index (χ2n) is 4.56. The van der Waals surface area contributed by atoms with E-state index < -0.39 is 0 Å². The van der Waals surface area contributed by atoms with E-state index in [1.807, 2.05) is 41.1 Å². The summed E-state index contributed by atoms with van der Waals surface area (Å²) in [7, 11) is 0. The highest BCUT2D eigenvalue weighted by Gasteiger charge is 2.14. The van der Waals surface area contributed by atoms with Gasteiger partial charge in [0.1, 0.15) is 17.8 Å². The molecule has 3 aromatic rings. The van der Waals surface area contributed by atoms with Gasteiger partial charge in [-0.05, 0) is 17.7 Å². The Bertz CT molecular complexity index is 771. The van der Waals surface area contributed by atoms with Crippen LogP contribution in [0.5, 0.6) is 0 Å². The van der Waals surface area contributed by atoms with Crippen molar-refractivity contribution in [2.45, 2.75) is 6.54 Å². The number of aromatic nitrogens is 3. The topological polar surface area (TPSA) is 82.8 Å². The first-order valence-corrected chi connectivity index (χ1v) is 6.27. The lowest BCUT2D eigenvalue weighted by molar-refractivity contribution is 0.851. The van der Waals surface area contributed by atoms with Gasteiger partial charge in [-0.1, -0.05) is 18.2 Å². The third kappa shape index (κ3) is 1.89. The molecule has 0 aliphatic carbocycles. The van der Waals surface area contributed by atoms with Gasteiger partial charge in [-0.25, -0.2) is 9.97 Å². The Balaban J connectivity index is 2.29. The SMILES string of the molecule is C=CCn1cc(-c2ccc(N)cc2)c2c(N)ncnc21. The Morgan fingerprint density at radius 2 is 1.90 bits per heavy atom. The third-order valence-corrected chi connectivity index (χ3v) is 3.23. The number of nitrogens with zero attached hydrogens (tertiary/aromatic N) is 3. The van der Waals surface area contributed by atoms with Gasteiger partial charge in [-0.2, -0.15) is 0 Å². The molecule has 2 aromatic heterocycles. The van der Waals surface area contributed by atoms with E-state index in [1.54, 1.807) is 0 Å². The van der Waals surface area contributed by atoms with Crippen LogP contribution >= 0.6 is 0 Å². The first-order valence-electron chi connectivity index (χ1n) is 6.27. The minimum absolute atomic E-state index is 0.477. The Morgan fingerprint density at radius 3 is 2.60 bits per heavy atom. The third-order valence-electron chi connectivity index (χ3n) is 3.23. The average Bonchev–Trinajstić information content (AvgIpc) is 2.81. The number of hydrogen-bond donors (Lipinski definition) is 2. The smallest absolute Gasteiger partial charge is 0.146 e. The van der Waals surface area contributed by atoms with Gasteiger partial charge in [-0.15, -0.1) is 6.58 Å². The Labute approximate surface area is 116 Å². The van der Waals surface area contributed by atoms with Crippen LogP contribution in [0.3, 0.4) is 0 Å². The maximum atomic E-state index is 6.02. The van der Waals surface area contributed by atoms with Crippen molar-refractivity contribution in [2.75, 3.05) is 11.5 Å². The second kappa shape index (κ2) is 4.70. The molecule has 0 radical (unpaired) electrons. The summed E-state index contributed by atoms with van der Waals surface area (Å²) in [5.74, 6) is 0.477. The fourth-order valence-corrected chi connectivity index (χ4v) is 2.31. The molecule has 0 bridgehead atoms. The van der Waals surface area contributed by atoms with Gasteiger partial charge in [0.25, 0.3) is 0 Å². The molecule has 20 heavy (non-hydrogen) atoms. The normalized spacial score (nSPS) is 10.8. The number of nitrogen functional groups attached to an aromatic ring is 2. The molecular formula is C15H15N5. The lowest BCUT2D eigenvalue weighted by Gasteiger charge is -2.01. The number of hydrogen-bond acceptors (Lipinski definition) is 4. The predicted molar refractivity (Wildman–Crippen MR) is 82.0 cm³/mol. The second-order valence-corrected chi connectivity index (χ2v) is 4.56. The zero-order valence-electron chi connectivity index (χ0n) is 11.0. The summed E-state index contributed by atoms with van der Waals surface area (Å²) in [5.41, 5.74) is 15.3. The van der Waals surface area contributed by atoms with Crippen LogP contribution in [0.25, 0.3) is 22.2 Å². The van der Waals surface area contributed by atoms with Crippen LogP contribution < -0.4 is 11.5 Å². The fraction of sp³-hybridized carbons (Fsp3) is 0.0667. The van der Waals surface area contributed by atoms with Crippen LogP contribution in [-0.2, 0) is 6.54 Å². The van der Waals surface area contributed by atoms with Gasteiger partial charge in [0.05, 0.1) is 5.39 Å². The van der Waals surface area contributed by atoms with Crippen molar-refractivity contribution in [1.29, 1.82) is 0 Å². The molecule has 5 heteroatoms. The molecule has 0 fully saturated rings. The number of allylic oxidation sites excluding steroid dienone is 1. The summed E-state index contributed by atoms with van der Waals surface area (Å²) >= 11 is 0. The van der Waals surface area contributed by atoms with Crippen molar-refractivity contribution in [2.24, 2.45) is 0 Å². The predicted octanol–water partition coefficient (Wildman–Crippen LogP) is 2.45. The van der Waals surface area contributed by atoms with E-state index >= 15 is 0 Å². The van der Waals surface area contributed by atoms with Gasteiger partial charge in [0.15, 0.2) is 0 Å². The summed E-state index contributed by atoms with van der Waals surface area (Å²) < 4.78 is 2.01. The molecule has 0 atom stereocenters. The lowest BCUT2D eigenvalue weighted by Crippen LogP contribution is -1.97. The lowest BCUT2D eigenvalue weighted by atomic mass is 10.1. The van der Waals surface area contributed by atoms with Gasteiger partial charge in [0, 0.05) is 24.0 Å². The maximum Gasteiger partial charge on any atom is 0.146 e. The number of anilines is 2. The molecule has 2 heterocycles. The first-order chi connectivity index (χ1) is 9.70. The van der Waals surface area contributed by atoms with Crippen molar-refractivity contribution >= 4 is 22.5 Å². The Morgan fingerprint density at radius 1 is 1.15 bits per heavy atom. The molecule has 0 aliphatic rings. The van der Waals surface area contributed by atoms with Crippen LogP contribution in [0.15, 0.2) is 49.4 Å². The highest BCUT2D eigenvalue weighted by atomic mass is 15.1. The number of fused-ring (bicyclic) bond motifs is 1. The molecule has 0 unspecified atom stereocenters. The molecule has 0 saturated heterocycles. The highest BCUT2D eigenvalue weighted by Crippen LogP contribution is 2.32. The van der Waals surface area contributed by atoms with Crippen LogP contribution in [0, 0.1) is 0 Å². The van der Waals surface area contributed by atoms with Crippen molar-refractivity contribution in [1.82, 2.24) is 14.5 Å². The molecule has 0 spiro atoms. The molecule has 0 aliphatic heterocycles. The molecule has 0 amide bonds. The van der Waals surface area contributed by atoms with Crippen LogP contribution in [0.1, 0.15) is 0 Å². The first kappa shape index (κ1) is 12.2. The maximum absolute atomic E-state index is 6.02. The largest absolute Gasteiger partial charge is 0.399 e. The fourth-order valence-electron chi connectivity index (χ4n) is 2.31. The van der Waals surface area contributed by atoms with Crippen molar-refractivity contribution in [3.63, 3.8) is 0 Å². The van der Waals surface area contributed by atoms with E-state index in [0.717, 1.165) is 27.8 Å². The van der Waals surface area contributed by atoms with Crippen LogP contribution in [0.2, 0.25) is 0 Å². The Hall–Kier alpha value is -2.82. The standard InChI is InChI=1S/C15H15N5/c1-2-7-20-8-12(10-3-5-11(16)6-4-10)13-14(17)18-9-19-15(13)20/h2-6,8-9H,1,7,16H2,(H2,17,18,19). The summed E-state index contributed by atoms with van der Waals surface area (Å²) in [5, 5.41) is 0.860. The van der Waals surface area contributed by atoms with Crippen LogP contribution in [-0.4, -0.2) is 14.5 Å². The minimum Gasteiger partial charge on any atom is -0.399 e. The number of nitrogens with two attached hydrogens (primary N) is 2. The number of rotatable bonds is 3. The van der Waals surface area contributed by atoms with E-state index in [-0.39, 0.29) is 0 Å². The van der Waals surface area contributed by atoms with Gasteiger partial charge in [-0.3, -0.25) is 0 Å².